The molecule has 0 aliphatic carbocycles. The molecule has 0 bridgehead atoms. The SMILES string of the molecule is COCC(=O)c1cc(OC)c(OC)c(OC)c1N. The van der Waals surface area contributed by atoms with Crippen molar-refractivity contribution in [2.75, 3.05) is 40.8 Å². The van der Waals surface area contributed by atoms with Gasteiger partial charge in [0.05, 0.1) is 32.6 Å². The van der Waals surface area contributed by atoms with Gasteiger partial charge >= 0.3 is 0 Å². The Morgan fingerprint density at radius 2 is 1.72 bits per heavy atom. The molecule has 100 valence electrons. The normalized spacial score (nSPS) is 10.0. The summed E-state index contributed by atoms with van der Waals surface area (Å²) in [6, 6.07) is 1.51. The van der Waals surface area contributed by atoms with E-state index in [-0.39, 0.29) is 29.4 Å². The van der Waals surface area contributed by atoms with Gasteiger partial charge in [-0.05, 0) is 6.07 Å². The van der Waals surface area contributed by atoms with Crippen molar-refractivity contribution in [2.24, 2.45) is 0 Å². The predicted octanol–water partition coefficient (Wildman–Crippen LogP) is 1.12. The highest BCUT2D eigenvalue weighted by molar-refractivity contribution is 6.04. The zero-order valence-electron chi connectivity index (χ0n) is 10.9. The maximum absolute atomic E-state index is 11.8. The first-order valence-corrected chi connectivity index (χ1v) is 5.21. The minimum atomic E-state index is -0.255. The number of benzene rings is 1. The van der Waals surface area contributed by atoms with Gasteiger partial charge in [0.2, 0.25) is 5.75 Å². The summed E-state index contributed by atoms with van der Waals surface area (Å²) >= 11 is 0. The number of rotatable bonds is 6. The monoisotopic (exact) mass is 255 g/mol. The van der Waals surface area contributed by atoms with Crippen LogP contribution in [0.25, 0.3) is 0 Å². The maximum atomic E-state index is 11.8. The average Bonchev–Trinajstić information content (AvgIpc) is 2.38. The van der Waals surface area contributed by atoms with E-state index in [1.54, 1.807) is 0 Å². The van der Waals surface area contributed by atoms with Gasteiger partial charge in [-0.3, -0.25) is 4.79 Å². The van der Waals surface area contributed by atoms with Crippen LogP contribution in [0.1, 0.15) is 10.4 Å². The molecule has 0 unspecified atom stereocenters. The molecule has 0 aliphatic heterocycles. The fraction of sp³-hybridized carbons (Fsp3) is 0.417. The molecule has 0 atom stereocenters. The van der Waals surface area contributed by atoms with Crippen LogP contribution in [-0.4, -0.2) is 40.8 Å². The summed E-state index contributed by atoms with van der Waals surface area (Å²) in [5.41, 5.74) is 6.38. The quantitative estimate of drug-likeness (QED) is 0.606. The van der Waals surface area contributed by atoms with E-state index < -0.39 is 0 Å². The number of hydrogen-bond acceptors (Lipinski definition) is 6. The lowest BCUT2D eigenvalue weighted by Crippen LogP contribution is -2.12. The first kappa shape index (κ1) is 14.1. The Bertz CT molecular complexity index is 445. The van der Waals surface area contributed by atoms with Crippen LogP contribution < -0.4 is 19.9 Å². The fourth-order valence-electron chi connectivity index (χ4n) is 1.62. The van der Waals surface area contributed by atoms with Gasteiger partial charge in [-0.2, -0.15) is 0 Å². The molecule has 0 saturated carbocycles. The zero-order chi connectivity index (χ0) is 13.7. The Kier molecular flexibility index (Phi) is 4.79. The average molecular weight is 255 g/mol. The summed E-state index contributed by atoms with van der Waals surface area (Å²) in [5, 5.41) is 0. The molecule has 0 saturated heterocycles. The number of hydrogen-bond donors (Lipinski definition) is 1. The van der Waals surface area contributed by atoms with Crippen LogP contribution in [-0.2, 0) is 4.74 Å². The molecule has 0 fully saturated rings. The van der Waals surface area contributed by atoms with Crippen molar-refractivity contribution in [3.05, 3.63) is 11.6 Å². The number of ketones is 1. The van der Waals surface area contributed by atoms with E-state index in [4.69, 9.17) is 24.7 Å². The van der Waals surface area contributed by atoms with Crippen LogP contribution in [0.15, 0.2) is 6.07 Å². The highest BCUT2D eigenvalue weighted by Crippen LogP contribution is 2.43. The van der Waals surface area contributed by atoms with Crippen molar-refractivity contribution in [2.45, 2.75) is 0 Å². The third-order valence-electron chi connectivity index (χ3n) is 2.44. The van der Waals surface area contributed by atoms with Crippen molar-refractivity contribution >= 4 is 11.5 Å². The number of carbonyl (C=O) groups is 1. The largest absolute Gasteiger partial charge is 0.493 e. The lowest BCUT2D eigenvalue weighted by molar-refractivity contribution is 0.0848. The van der Waals surface area contributed by atoms with Crippen LogP contribution in [0.3, 0.4) is 0 Å². The lowest BCUT2D eigenvalue weighted by atomic mass is 10.1. The number of nitrogens with two attached hydrogens (primary N) is 1. The molecule has 2 N–H and O–H groups in total. The van der Waals surface area contributed by atoms with Crippen molar-refractivity contribution in [3.63, 3.8) is 0 Å². The Hall–Kier alpha value is -1.95. The topological polar surface area (TPSA) is 80.0 Å². The summed E-state index contributed by atoms with van der Waals surface area (Å²) in [4.78, 5) is 11.8. The van der Waals surface area contributed by atoms with E-state index in [0.717, 1.165) is 0 Å². The smallest absolute Gasteiger partial charge is 0.205 e. The minimum Gasteiger partial charge on any atom is -0.493 e. The van der Waals surface area contributed by atoms with E-state index in [1.807, 2.05) is 0 Å². The summed E-state index contributed by atoms with van der Waals surface area (Å²) < 4.78 is 20.3. The molecule has 0 heterocycles. The number of ether oxygens (including phenoxy) is 4. The predicted molar refractivity (Wildman–Crippen MR) is 66.7 cm³/mol. The molecule has 6 nitrogen and oxygen atoms in total. The second-order valence-electron chi connectivity index (χ2n) is 3.46. The Balaban J connectivity index is 3.41. The molecule has 6 heteroatoms. The molecule has 0 spiro atoms. The van der Waals surface area contributed by atoms with Crippen LogP contribution >= 0.6 is 0 Å². The van der Waals surface area contributed by atoms with Crippen molar-refractivity contribution < 1.29 is 23.7 Å². The molecule has 1 rings (SSSR count). The first-order chi connectivity index (χ1) is 8.60. The van der Waals surface area contributed by atoms with Crippen LogP contribution in [0.4, 0.5) is 5.69 Å². The number of Topliss-reactive ketones (excluding diaryl/α,β-unsaturated/α-hetero) is 1. The van der Waals surface area contributed by atoms with Crippen LogP contribution in [0, 0.1) is 0 Å². The highest BCUT2D eigenvalue weighted by Gasteiger charge is 2.22. The van der Waals surface area contributed by atoms with Gasteiger partial charge in [-0.1, -0.05) is 0 Å². The molecule has 0 radical (unpaired) electrons. The van der Waals surface area contributed by atoms with Crippen LogP contribution in [0.2, 0.25) is 0 Å². The number of anilines is 1. The third-order valence-corrected chi connectivity index (χ3v) is 2.44. The van der Waals surface area contributed by atoms with Gasteiger partial charge in [-0.25, -0.2) is 0 Å². The number of methoxy groups -OCH3 is 4. The van der Waals surface area contributed by atoms with Crippen molar-refractivity contribution in [3.8, 4) is 17.2 Å². The maximum Gasteiger partial charge on any atom is 0.205 e. The van der Waals surface area contributed by atoms with E-state index in [0.29, 0.717) is 11.5 Å². The van der Waals surface area contributed by atoms with Gasteiger partial charge in [0.15, 0.2) is 17.3 Å². The number of carbonyl (C=O) groups excluding carboxylic acids is 1. The van der Waals surface area contributed by atoms with Gasteiger partial charge in [-0.15, -0.1) is 0 Å². The lowest BCUT2D eigenvalue weighted by Gasteiger charge is -2.16. The summed E-state index contributed by atoms with van der Waals surface area (Å²) in [6.07, 6.45) is 0. The highest BCUT2D eigenvalue weighted by atomic mass is 16.5. The molecule has 0 amide bonds. The van der Waals surface area contributed by atoms with E-state index in [2.05, 4.69) is 0 Å². The molecule has 0 aliphatic rings. The zero-order valence-corrected chi connectivity index (χ0v) is 10.9. The molecule has 1 aromatic rings. The minimum absolute atomic E-state index is 0.0666. The first-order valence-electron chi connectivity index (χ1n) is 5.21. The van der Waals surface area contributed by atoms with Gasteiger partial charge in [0.25, 0.3) is 0 Å². The summed E-state index contributed by atoms with van der Waals surface area (Å²) in [6.45, 7) is -0.0666. The molecule has 1 aromatic carbocycles. The Labute approximate surface area is 106 Å². The van der Waals surface area contributed by atoms with Crippen molar-refractivity contribution in [1.29, 1.82) is 0 Å². The standard InChI is InChI=1S/C12H17NO5/c1-15-6-8(14)7-5-9(16-2)11(17-3)12(18-4)10(7)13/h5H,6,13H2,1-4H3. The second kappa shape index (κ2) is 6.11. The van der Waals surface area contributed by atoms with Crippen LogP contribution in [0.5, 0.6) is 17.2 Å². The summed E-state index contributed by atoms with van der Waals surface area (Å²) in [7, 11) is 5.82. The third kappa shape index (κ3) is 2.48. The Morgan fingerprint density at radius 3 is 2.17 bits per heavy atom. The van der Waals surface area contributed by atoms with E-state index in [9.17, 15) is 4.79 Å². The van der Waals surface area contributed by atoms with E-state index >= 15 is 0 Å². The van der Waals surface area contributed by atoms with Gasteiger partial charge in [0, 0.05) is 7.11 Å². The fourth-order valence-corrected chi connectivity index (χ4v) is 1.62. The Morgan fingerprint density at radius 1 is 1.11 bits per heavy atom. The molecular weight excluding hydrogens is 238 g/mol. The van der Waals surface area contributed by atoms with Gasteiger partial charge in [0.1, 0.15) is 6.61 Å². The molecular formula is C12H17NO5. The van der Waals surface area contributed by atoms with Crippen molar-refractivity contribution in [1.82, 2.24) is 0 Å². The molecule has 18 heavy (non-hydrogen) atoms. The summed E-state index contributed by atoms with van der Waals surface area (Å²) in [5.74, 6) is 0.750. The molecule has 0 aromatic heterocycles. The number of nitrogen functional groups attached to an aromatic ring is 1. The van der Waals surface area contributed by atoms with Gasteiger partial charge < -0.3 is 24.7 Å². The second-order valence-corrected chi connectivity index (χ2v) is 3.46. The van der Waals surface area contributed by atoms with E-state index in [1.165, 1.54) is 34.5 Å².